The van der Waals surface area contributed by atoms with E-state index in [1.807, 2.05) is 4.57 Å². The van der Waals surface area contributed by atoms with Crippen molar-refractivity contribution in [2.24, 2.45) is 0 Å². The Morgan fingerprint density at radius 3 is 2.85 bits per heavy atom. The van der Waals surface area contributed by atoms with Gasteiger partial charge in [-0.25, -0.2) is 4.98 Å². The molecular weight excluding hydrogens is 328 g/mol. The average molecular weight is 355 g/mol. The maximum atomic E-state index is 12.7. The predicted octanol–water partition coefficient (Wildman–Crippen LogP) is 0.531. The zero-order valence-electron chi connectivity index (χ0n) is 15.2. The molecule has 0 unspecified atom stereocenters. The summed E-state index contributed by atoms with van der Waals surface area (Å²) in [6.07, 6.45) is 6.64. The third kappa shape index (κ3) is 3.51. The van der Waals surface area contributed by atoms with Crippen LogP contribution in [0, 0.1) is 0 Å². The summed E-state index contributed by atoms with van der Waals surface area (Å²) in [6.45, 7) is 4.84. The molecule has 3 heterocycles. The number of fused-ring (bicyclic) bond motifs is 2. The van der Waals surface area contributed by atoms with E-state index in [-0.39, 0.29) is 11.5 Å². The molecule has 2 aliphatic rings. The number of benzene rings is 1. The highest BCUT2D eigenvalue weighted by atomic mass is 16.1. The van der Waals surface area contributed by atoms with Crippen molar-refractivity contribution in [2.45, 2.75) is 45.1 Å². The van der Waals surface area contributed by atoms with Gasteiger partial charge in [0, 0.05) is 31.4 Å². The minimum Gasteiger partial charge on any atom is -0.346 e. The summed E-state index contributed by atoms with van der Waals surface area (Å²) < 4.78 is 1.81. The van der Waals surface area contributed by atoms with E-state index in [1.54, 1.807) is 23.1 Å². The van der Waals surface area contributed by atoms with Crippen LogP contribution in [0.15, 0.2) is 23.0 Å². The van der Waals surface area contributed by atoms with E-state index >= 15 is 0 Å². The molecule has 2 N–H and O–H groups in total. The molecule has 6 heteroatoms. The van der Waals surface area contributed by atoms with Crippen molar-refractivity contribution in [3.63, 3.8) is 0 Å². The highest BCUT2D eigenvalue weighted by Crippen LogP contribution is 2.16. The van der Waals surface area contributed by atoms with Crippen LogP contribution in [0.3, 0.4) is 0 Å². The van der Waals surface area contributed by atoms with Crippen molar-refractivity contribution in [3.8, 4) is 0 Å². The molecule has 26 heavy (non-hydrogen) atoms. The van der Waals surface area contributed by atoms with E-state index in [2.05, 4.69) is 5.32 Å². The van der Waals surface area contributed by atoms with Gasteiger partial charge in [-0.2, -0.15) is 0 Å². The molecule has 2 aliphatic heterocycles. The second-order valence-corrected chi connectivity index (χ2v) is 7.49. The molecule has 1 fully saturated rings. The van der Waals surface area contributed by atoms with Gasteiger partial charge >= 0.3 is 0 Å². The molecule has 0 bridgehead atoms. The SMILES string of the molecule is O=C(NCC[NH+]1CCCC1)c1ccc2c(=O)n3c(nc2c1)CCCCC3. The molecular formula is C20H27N4O2+. The van der Waals surface area contributed by atoms with Crippen molar-refractivity contribution >= 4 is 16.8 Å². The van der Waals surface area contributed by atoms with Crippen LogP contribution in [-0.2, 0) is 13.0 Å². The Labute approximate surface area is 153 Å². The quantitative estimate of drug-likeness (QED) is 0.841. The first-order valence-corrected chi connectivity index (χ1v) is 9.87. The van der Waals surface area contributed by atoms with Gasteiger partial charge < -0.3 is 10.2 Å². The Morgan fingerprint density at radius 1 is 1.15 bits per heavy atom. The number of aryl methyl sites for hydroxylation is 1. The number of quaternary nitrogens is 1. The monoisotopic (exact) mass is 355 g/mol. The summed E-state index contributed by atoms with van der Waals surface area (Å²) in [5, 5.41) is 3.61. The summed E-state index contributed by atoms with van der Waals surface area (Å²) in [7, 11) is 0. The van der Waals surface area contributed by atoms with Crippen LogP contribution >= 0.6 is 0 Å². The number of nitrogens with one attached hydrogen (secondary N) is 2. The van der Waals surface area contributed by atoms with Crippen LogP contribution in [0.1, 0.15) is 48.3 Å². The van der Waals surface area contributed by atoms with Gasteiger partial charge in [0.2, 0.25) is 0 Å². The zero-order valence-corrected chi connectivity index (χ0v) is 15.2. The third-order valence-corrected chi connectivity index (χ3v) is 5.65. The first-order valence-electron chi connectivity index (χ1n) is 9.87. The normalized spacial score (nSPS) is 17.8. The van der Waals surface area contributed by atoms with E-state index in [0.717, 1.165) is 44.6 Å². The second kappa shape index (κ2) is 7.58. The molecule has 1 amide bonds. The fourth-order valence-electron chi connectivity index (χ4n) is 4.14. The molecule has 1 saturated heterocycles. The molecule has 0 spiro atoms. The van der Waals surface area contributed by atoms with Crippen molar-refractivity contribution in [2.75, 3.05) is 26.2 Å². The van der Waals surface area contributed by atoms with Crippen molar-refractivity contribution < 1.29 is 9.69 Å². The van der Waals surface area contributed by atoms with Crippen LogP contribution in [0.4, 0.5) is 0 Å². The average Bonchev–Trinajstić information content (AvgIpc) is 3.05. The van der Waals surface area contributed by atoms with Crippen molar-refractivity contribution in [3.05, 3.63) is 39.9 Å². The minimum atomic E-state index is -0.0812. The van der Waals surface area contributed by atoms with Gasteiger partial charge in [-0.05, 0) is 31.0 Å². The topological polar surface area (TPSA) is 68.4 Å². The summed E-state index contributed by atoms with van der Waals surface area (Å²) in [6, 6.07) is 5.26. The van der Waals surface area contributed by atoms with Crippen LogP contribution in [-0.4, -0.2) is 41.6 Å². The zero-order chi connectivity index (χ0) is 17.9. The number of amides is 1. The largest absolute Gasteiger partial charge is 0.346 e. The predicted molar refractivity (Wildman–Crippen MR) is 101 cm³/mol. The van der Waals surface area contributed by atoms with E-state index in [1.165, 1.54) is 25.9 Å². The number of carbonyl (C=O) groups is 1. The van der Waals surface area contributed by atoms with E-state index in [9.17, 15) is 9.59 Å². The Kier molecular flexibility index (Phi) is 5.02. The molecule has 1 aromatic carbocycles. The minimum absolute atomic E-state index is 0.0245. The Hall–Kier alpha value is -2.21. The summed E-state index contributed by atoms with van der Waals surface area (Å²) in [5.74, 6) is 0.775. The summed E-state index contributed by atoms with van der Waals surface area (Å²) in [4.78, 5) is 31.5. The number of likely N-dealkylation sites (tertiary alicyclic amines) is 1. The standard InChI is InChI=1S/C20H26N4O2/c25-19(21-9-13-23-10-4-5-11-23)15-7-8-16-17(14-15)22-18-6-2-1-3-12-24(18)20(16)26/h7-8,14H,1-6,9-13H2,(H,21,25)/p+1. The lowest BCUT2D eigenvalue weighted by atomic mass is 10.1. The molecule has 2 aromatic rings. The Morgan fingerprint density at radius 2 is 2.00 bits per heavy atom. The van der Waals surface area contributed by atoms with Gasteiger partial charge in [-0.15, -0.1) is 0 Å². The Balaban J connectivity index is 1.53. The molecule has 0 saturated carbocycles. The van der Waals surface area contributed by atoms with Crippen molar-refractivity contribution in [1.82, 2.24) is 14.9 Å². The number of carbonyl (C=O) groups excluding carboxylic acids is 1. The number of rotatable bonds is 4. The van der Waals surface area contributed by atoms with Gasteiger partial charge in [0.05, 0.1) is 37.1 Å². The molecule has 4 rings (SSSR count). The van der Waals surface area contributed by atoms with Gasteiger partial charge in [0.15, 0.2) is 0 Å². The molecule has 138 valence electrons. The van der Waals surface area contributed by atoms with Crippen LogP contribution in [0.2, 0.25) is 0 Å². The third-order valence-electron chi connectivity index (χ3n) is 5.65. The fourth-order valence-corrected chi connectivity index (χ4v) is 4.14. The van der Waals surface area contributed by atoms with Crippen LogP contribution < -0.4 is 15.8 Å². The summed E-state index contributed by atoms with van der Waals surface area (Å²) >= 11 is 0. The molecule has 0 radical (unpaired) electrons. The lowest BCUT2D eigenvalue weighted by Gasteiger charge is -2.13. The highest BCUT2D eigenvalue weighted by molar-refractivity contribution is 5.97. The molecule has 0 aliphatic carbocycles. The molecule has 0 atom stereocenters. The van der Waals surface area contributed by atoms with Crippen LogP contribution in [0.5, 0.6) is 0 Å². The number of hydrogen-bond donors (Lipinski definition) is 2. The maximum absolute atomic E-state index is 12.7. The van der Waals surface area contributed by atoms with Gasteiger partial charge in [-0.3, -0.25) is 14.2 Å². The molecule has 1 aromatic heterocycles. The summed E-state index contributed by atoms with van der Waals surface area (Å²) in [5.41, 5.74) is 1.25. The van der Waals surface area contributed by atoms with Crippen molar-refractivity contribution in [1.29, 1.82) is 0 Å². The van der Waals surface area contributed by atoms with E-state index < -0.39 is 0 Å². The molecule has 6 nitrogen and oxygen atoms in total. The smallest absolute Gasteiger partial charge is 0.261 e. The van der Waals surface area contributed by atoms with Crippen LogP contribution in [0.25, 0.3) is 10.9 Å². The lowest BCUT2D eigenvalue weighted by Crippen LogP contribution is -3.10. The number of aromatic nitrogens is 2. The van der Waals surface area contributed by atoms with Gasteiger partial charge in [0.1, 0.15) is 5.82 Å². The number of nitrogens with zero attached hydrogens (tertiary/aromatic N) is 2. The Bertz CT molecular complexity index is 868. The fraction of sp³-hybridized carbons (Fsp3) is 0.550. The highest BCUT2D eigenvalue weighted by Gasteiger charge is 2.17. The lowest BCUT2D eigenvalue weighted by molar-refractivity contribution is -0.886. The van der Waals surface area contributed by atoms with Gasteiger partial charge in [0.25, 0.3) is 11.5 Å². The first-order chi connectivity index (χ1) is 12.7. The second-order valence-electron chi connectivity index (χ2n) is 7.49. The van der Waals surface area contributed by atoms with Gasteiger partial charge in [-0.1, -0.05) is 6.42 Å². The number of hydrogen-bond acceptors (Lipinski definition) is 3. The first kappa shape index (κ1) is 17.2. The maximum Gasteiger partial charge on any atom is 0.261 e. The van der Waals surface area contributed by atoms with E-state index in [4.69, 9.17) is 4.98 Å². The van der Waals surface area contributed by atoms with E-state index in [0.29, 0.717) is 23.0 Å².